The molecule has 17 heavy (non-hydrogen) atoms. The van der Waals surface area contributed by atoms with Crippen LogP contribution >= 0.6 is 0 Å². The van der Waals surface area contributed by atoms with E-state index in [0.717, 1.165) is 6.42 Å². The van der Waals surface area contributed by atoms with E-state index in [0.29, 0.717) is 12.5 Å². The van der Waals surface area contributed by atoms with Crippen LogP contribution in [0.3, 0.4) is 0 Å². The van der Waals surface area contributed by atoms with E-state index in [1.165, 1.54) is 16.7 Å². The molecule has 0 bridgehead atoms. The minimum Gasteiger partial charge on any atom is -0.330 e. The van der Waals surface area contributed by atoms with Crippen molar-refractivity contribution < 1.29 is 0 Å². The summed E-state index contributed by atoms with van der Waals surface area (Å²) < 4.78 is 0. The highest BCUT2D eigenvalue weighted by Gasteiger charge is 2.12. The van der Waals surface area contributed by atoms with Crippen LogP contribution in [0.1, 0.15) is 29.0 Å². The zero-order valence-electron chi connectivity index (χ0n) is 10.3. The lowest BCUT2D eigenvalue weighted by Gasteiger charge is -2.17. The average molecular weight is 225 g/mol. The van der Waals surface area contributed by atoms with Gasteiger partial charge in [-0.25, -0.2) is 0 Å². The molecule has 2 N–H and O–H groups in total. The molecule has 0 aliphatic carbocycles. The molecular formula is C16H19N. The van der Waals surface area contributed by atoms with Crippen LogP contribution in [-0.4, -0.2) is 6.54 Å². The van der Waals surface area contributed by atoms with Crippen molar-refractivity contribution in [2.75, 3.05) is 6.54 Å². The summed E-state index contributed by atoms with van der Waals surface area (Å²) in [6, 6.07) is 19.3. The van der Waals surface area contributed by atoms with E-state index < -0.39 is 0 Å². The molecule has 0 heterocycles. The van der Waals surface area contributed by atoms with Gasteiger partial charge in [0, 0.05) is 5.92 Å². The van der Waals surface area contributed by atoms with E-state index in [2.05, 4.69) is 61.5 Å². The Bertz CT molecular complexity index is 462. The predicted molar refractivity (Wildman–Crippen MR) is 73.1 cm³/mol. The van der Waals surface area contributed by atoms with Gasteiger partial charge in [0.2, 0.25) is 0 Å². The van der Waals surface area contributed by atoms with Gasteiger partial charge in [-0.05, 0) is 31.0 Å². The number of hydrogen-bond acceptors (Lipinski definition) is 1. The Morgan fingerprint density at radius 2 is 1.65 bits per heavy atom. The van der Waals surface area contributed by atoms with Crippen molar-refractivity contribution in [3.63, 3.8) is 0 Å². The quantitative estimate of drug-likeness (QED) is 0.847. The Morgan fingerprint density at radius 1 is 0.941 bits per heavy atom. The highest BCUT2D eigenvalue weighted by Crippen LogP contribution is 2.27. The van der Waals surface area contributed by atoms with E-state index in [1.54, 1.807) is 0 Å². The molecule has 0 amide bonds. The SMILES string of the molecule is Cc1cccc(C(CCN)c2ccccc2)c1. The minimum absolute atomic E-state index is 0.418. The first kappa shape index (κ1) is 11.9. The van der Waals surface area contributed by atoms with Crippen LogP contribution < -0.4 is 5.73 Å². The molecular weight excluding hydrogens is 206 g/mol. The zero-order valence-corrected chi connectivity index (χ0v) is 10.3. The molecule has 1 unspecified atom stereocenters. The molecule has 2 rings (SSSR count). The largest absolute Gasteiger partial charge is 0.330 e. The first-order valence-electron chi connectivity index (χ1n) is 6.13. The molecule has 1 atom stereocenters. The summed E-state index contributed by atoms with van der Waals surface area (Å²) in [5.74, 6) is 0.418. The van der Waals surface area contributed by atoms with E-state index in [-0.39, 0.29) is 0 Å². The maximum Gasteiger partial charge on any atom is 0.0101 e. The van der Waals surface area contributed by atoms with Crippen LogP contribution in [0, 0.1) is 6.92 Å². The number of rotatable bonds is 4. The Kier molecular flexibility index (Phi) is 3.94. The fraction of sp³-hybridized carbons (Fsp3) is 0.250. The molecule has 0 aliphatic heterocycles. The van der Waals surface area contributed by atoms with Crippen LogP contribution in [0.15, 0.2) is 54.6 Å². The second-order valence-corrected chi connectivity index (χ2v) is 4.45. The summed E-state index contributed by atoms with van der Waals surface area (Å²) in [6.45, 7) is 2.85. The van der Waals surface area contributed by atoms with Gasteiger partial charge < -0.3 is 5.73 Å². The van der Waals surface area contributed by atoms with Crippen molar-refractivity contribution in [3.8, 4) is 0 Å². The Hall–Kier alpha value is -1.60. The van der Waals surface area contributed by atoms with E-state index in [1.807, 2.05) is 0 Å². The lowest BCUT2D eigenvalue weighted by Crippen LogP contribution is -2.08. The van der Waals surface area contributed by atoms with Crippen molar-refractivity contribution in [2.24, 2.45) is 5.73 Å². The second kappa shape index (κ2) is 5.65. The monoisotopic (exact) mass is 225 g/mol. The van der Waals surface area contributed by atoms with Crippen LogP contribution in [0.25, 0.3) is 0 Å². The van der Waals surface area contributed by atoms with Gasteiger partial charge in [0.1, 0.15) is 0 Å². The smallest absolute Gasteiger partial charge is 0.0101 e. The summed E-state index contributed by atoms with van der Waals surface area (Å²) in [4.78, 5) is 0. The summed E-state index contributed by atoms with van der Waals surface area (Å²) in [5.41, 5.74) is 9.76. The van der Waals surface area contributed by atoms with Crippen LogP contribution in [0.2, 0.25) is 0 Å². The van der Waals surface area contributed by atoms with E-state index in [9.17, 15) is 0 Å². The second-order valence-electron chi connectivity index (χ2n) is 4.45. The molecule has 0 radical (unpaired) electrons. The standard InChI is InChI=1S/C16H19N/c1-13-6-5-9-15(12-13)16(10-11-17)14-7-3-2-4-8-14/h2-9,12,16H,10-11,17H2,1H3. The van der Waals surface area contributed by atoms with Gasteiger partial charge in [0.15, 0.2) is 0 Å². The van der Waals surface area contributed by atoms with Crippen molar-refractivity contribution in [1.29, 1.82) is 0 Å². The van der Waals surface area contributed by atoms with Gasteiger partial charge in [-0.1, -0.05) is 60.2 Å². The predicted octanol–water partition coefficient (Wildman–Crippen LogP) is 3.48. The third-order valence-electron chi connectivity index (χ3n) is 3.10. The summed E-state index contributed by atoms with van der Waals surface area (Å²) in [7, 11) is 0. The van der Waals surface area contributed by atoms with Gasteiger partial charge in [-0.15, -0.1) is 0 Å². The molecule has 1 nitrogen and oxygen atoms in total. The maximum absolute atomic E-state index is 5.74. The van der Waals surface area contributed by atoms with Crippen LogP contribution in [-0.2, 0) is 0 Å². The number of nitrogens with two attached hydrogens (primary N) is 1. The summed E-state index contributed by atoms with van der Waals surface area (Å²) in [5, 5.41) is 0. The first-order chi connectivity index (χ1) is 8.31. The highest BCUT2D eigenvalue weighted by atomic mass is 14.5. The third kappa shape index (κ3) is 2.95. The topological polar surface area (TPSA) is 26.0 Å². The Morgan fingerprint density at radius 3 is 2.29 bits per heavy atom. The molecule has 0 saturated heterocycles. The van der Waals surface area contributed by atoms with Crippen molar-refractivity contribution >= 4 is 0 Å². The van der Waals surface area contributed by atoms with Crippen molar-refractivity contribution in [3.05, 3.63) is 71.3 Å². The molecule has 0 aromatic heterocycles. The Balaban J connectivity index is 2.35. The van der Waals surface area contributed by atoms with Crippen molar-refractivity contribution in [2.45, 2.75) is 19.3 Å². The lowest BCUT2D eigenvalue weighted by molar-refractivity contribution is 0.725. The van der Waals surface area contributed by atoms with Gasteiger partial charge in [0.05, 0.1) is 0 Å². The molecule has 88 valence electrons. The highest BCUT2D eigenvalue weighted by molar-refractivity contribution is 5.34. The van der Waals surface area contributed by atoms with Gasteiger partial charge in [-0.3, -0.25) is 0 Å². The summed E-state index contributed by atoms with van der Waals surface area (Å²) >= 11 is 0. The third-order valence-corrected chi connectivity index (χ3v) is 3.10. The fourth-order valence-corrected chi connectivity index (χ4v) is 2.26. The number of benzene rings is 2. The summed E-state index contributed by atoms with van der Waals surface area (Å²) in [6.07, 6.45) is 0.994. The van der Waals surface area contributed by atoms with Crippen LogP contribution in [0.5, 0.6) is 0 Å². The Labute approximate surface area is 103 Å². The molecule has 0 fully saturated rings. The average Bonchev–Trinajstić information content (AvgIpc) is 2.37. The minimum atomic E-state index is 0.418. The van der Waals surface area contributed by atoms with Gasteiger partial charge >= 0.3 is 0 Å². The normalized spacial score (nSPS) is 12.4. The van der Waals surface area contributed by atoms with Gasteiger partial charge in [-0.2, -0.15) is 0 Å². The van der Waals surface area contributed by atoms with Crippen molar-refractivity contribution in [1.82, 2.24) is 0 Å². The molecule has 0 saturated carbocycles. The first-order valence-corrected chi connectivity index (χ1v) is 6.13. The van der Waals surface area contributed by atoms with E-state index in [4.69, 9.17) is 5.73 Å². The fourth-order valence-electron chi connectivity index (χ4n) is 2.26. The molecule has 1 heteroatoms. The number of aryl methyl sites for hydroxylation is 1. The maximum atomic E-state index is 5.74. The van der Waals surface area contributed by atoms with Crippen LogP contribution in [0.4, 0.5) is 0 Å². The molecule has 2 aromatic carbocycles. The van der Waals surface area contributed by atoms with E-state index >= 15 is 0 Å². The molecule has 0 spiro atoms. The zero-order chi connectivity index (χ0) is 12.1. The molecule has 0 aliphatic rings. The molecule has 2 aromatic rings. The number of hydrogen-bond donors (Lipinski definition) is 1. The van der Waals surface area contributed by atoms with Gasteiger partial charge in [0.25, 0.3) is 0 Å². The lowest BCUT2D eigenvalue weighted by atomic mass is 9.88.